The van der Waals surface area contributed by atoms with Gasteiger partial charge in [-0.15, -0.1) is 16.9 Å². The third kappa shape index (κ3) is 5.55. The molecule has 2 aromatic carbocycles. The number of anilines is 1. The van der Waals surface area contributed by atoms with Crippen LogP contribution in [0.2, 0.25) is 0 Å². The second-order valence-corrected chi connectivity index (χ2v) is 6.42. The summed E-state index contributed by atoms with van der Waals surface area (Å²) in [7, 11) is 0. The lowest BCUT2D eigenvalue weighted by molar-refractivity contribution is -0.142. The lowest BCUT2D eigenvalue weighted by atomic mass is 10.2. The Labute approximate surface area is 165 Å². The molecular formula is C20H17N3O4S. The zero-order valence-electron chi connectivity index (χ0n) is 15.0. The molecule has 0 saturated carbocycles. The normalized spacial score (nSPS) is 10.8. The van der Waals surface area contributed by atoms with Crippen LogP contribution < -0.4 is 5.32 Å². The van der Waals surface area contributed by atoms with Crippen LogP contribution in [0.1, 0.15) is 5.56 Å². The number of carbonyl (C=O) groups excluding carboxylic acids is 2. The van der Waals surface area contributed by atoms with Crippen LogP contribution in [0.25, 0.3) is 17.5 Å². The summed E-state index contributed by atoms with van der Waals surface area (Å²) in [5, 5.41) is 9.99. The molecule has 0 atom stereocenters. The summed E-state index contributed by atoms with van der Waals surface area (Å²) < 4.78 is 10.3. The van der Waals surface area contributed by atoms with Crippen LogP contribution in [-0.4, -0.2) is 34.9 Å². The number of hydrogen-bond donors (Lipinski definition) is 1. The number of nitrogens with one attached hydrogen (secondary N) is 1. The summed E-state index contributed by atoms with van der Waals surface area (Å²) in [6, 6.07) is 16.8. The standard InChI is InChI=1S/C20H17N3O4S/c1-28-16-10-7-14(8-11-16)9-12-18(25)26-13-17(24)21-20-23-22-19(27-20)15-5-3-2-4-6-15/h2-12H,13H2,1H3,(H,21,23,24)/b12-9+. The van der Waals surface area contributed by atoms with Gasteiger partial charge in [-0.2, -0.15) is 0 Å². The maximum atomic E-state index is 11.9. The minimum absolute atomic E-state index is 0.0654. The molecule has 0 unspecified atom stereocenters. The fourth-order valence-electron chi connectivity index (χ4n) is 2.19. The van der Waals surface area contributed by atoms with Crippen LogP contribution in [0.3, 0.4) is 0 Å². The van der Waals surface area contributed by atoms with E-state index in [0.29, 0.717) is 0 Å². The van der Waals surface area contributed by atoms with Crippen molar-refractivity contribution >= 4 is 35.7 Å². The van der Waals surface area contributed by atoms with Crippen LogP contribution in [0, 0.1) is 0 Å². The van der Waals surface area contributed by atoms with Crippen molar-refractivity contribution in [2.24, 2.45) is 0 Å². The molecule has 0 aliphatic heterocycles. The first-order valence-corrected chi connectivity index (χ1v) is 9.54. The summed E-state index contributed by atoms with van der Waals surface area (Å²) in [6.45, 7) is -0.461. The Kier molecular flexibility index (Phi) is 6.59. The zero-order chi connectivity index (χ0) is 19.8. The van der Waals surface area contributed by atoms with Crippen molar-refractivity contribution in [3.63, 3.8) is 0 Å². The molecule has 0 aliphatic carbocycles. The van der Waals surface area contributed by atoms with Crippen molar-refractivity contribution in [3.05, 3.63) is 66.2 Å². The SMILES string of the molecule is CSc1ccc(/C=C/C(=O)OCC(=O)Nc2nnc(-c3ccccc3)o2)cc1. The summed E-state index contributed by atoms with van der Waals surface area (Å²) in [4.78, 5) is 24.7. The Morgan fingerprint density at radius 3 is 2.57 bits per heavy atom. The number of amides is 1. The average Bonchev–Trinajstić information content (AvgIpc) is 3.20. The first-order chi connectivity index (χ1) is 13.6. The predicted octanol–water partition coefficient (Wildman–Crippen LogP) is 3.65. The van der Waals surface area contributed by atoms with E-state index in [1.165, 1.54) is 6.08 Å². The molecule has 7 nitrogen and oxygen atoms in total. The number of rotatable bonds is 7. The Balaban J connectivity index is 1.46. The topological polar surface area (TPSA) is 94.3 Å². The second kappa shape index (κ2) is 9.52. The first kappa shape index (κ1) is 19.4. The maximum Gasteiger partial charge on any atom is 0.331 e. The highest BCUT2D eigenvalue weighted by molar-refractivity contribution is 7.98. The van der Waals surface area contributed by atoms with Gasteiger partial charge in [-0.25, -0.2) is 4.79 Å². The number of esters is 1. The lowest BCUT2D eigenvalue weighted by Crippen LogP contribution is -2.20. The predicted molar refractivity (Wildman–Crippen MR) is 107 cm³/mol. The molecule has 3 rings (SSSR count). The number of thioether (sulfide) groups is 1. The number of hydrogen-bond acceptors (Lipinski definition) is 7. The Hall–Kier alpha value is -3.39. The van der Waals surface area contributed by atoms with E-state index in [9.17, 15) is 9.59 Å². The van der Waals surface area contributed by atoms with E-state index in [1.807, 2.05) is 60.9 Å². The molecule has 142 valence electrons. The summed E-state index contributed by atoms with van der Waals surface area (Å²) in [5.74, 6) is -0.919. The minimum Gasteiger partial charge on any atom is -0.452 e. The number of aromatic nitrogens is 2. The van der Waals surface area contributed by atoms with Gasteiger partial charge in [-0.1, -0.05) is 35.4 Å². The number of benzene rings is 2. The summed E-state index contributed by atoms with van der Waals surface area (Å²) >= 11 is 1.64. The molecule has 0 spiro atoms. The van der Waals surface area contributed by atoms with Crippen molar-refractivity contribution in [2.45, 2.75) is 4.90 Å². The fraction of sp³-hybridized carbons (Fsp3) is 0.100. The highest BCUT2D eigenvalue weighted by Crippen LogP contribution is 2.19. The van der Waals surface area contributed by atoms with Crippen molar-refractivity contribution < 1.29 is 18.7 Å². The number of ether oxygens (including phenoxy) is 1. The molecule has 3 aromatic rings. The molecule has 0 fully saturated rings. The third-order valence-electron chi connectivity index (χ3n) is 3.57. The van der Waals surface area contributed by atoms with E-state index >= 15 is 0 Å². The quantitative estimate of drug-likeness (QED) is 0.371. The van der Waals surface area contributed by atoms with Crippen LogP contribution in [-0.2, 0) is 14.3 Å². The smallest absolute Gasteiger partial charge is 0.331 e. The van der Waals surface area contributed by atoms with Gasteiger partial charge >= 0.3 is 12.0 Å². The molecule has 8 heteroatoms. The van der Waals surface area contributed by atoms with E-state index in [2.05, 4.69) is 15.5 Å². The first-order valence-electron chi connectivity index (χ1n) is 8.32. The average molecular weight is 395 g/mol. The highest BCUT2D eigenvalue weighted by atomic mass is 32.2. The van der Waals surface area contributed by atoms with Gasteiger partial charge in [0.15, 0.2) is 6.61 Å². The van der Waals surface area contributed by atoms with Crippen molar-refractivity contribution in [1.82, 2.24) is 10.2 Å². The van der Waals surface area contributed by atoms with Crippen molar-refractivity contribution in [2.75, 3.05) is 18.2 Å². The molecule has 0 radical (unpaired) electrons. The fourth-order valence-corrected chi connectivity index (χ4v) is 2.60. The Morgan fingerprint density at radius 2 is 1.86 bits per heavy atom. The molecule has 1 amide bonds. The molecule has 0 bridgehead atoms. The number of nitrogens with zero attached hydrogens (tertiary/aromatic N) is 2. The molecule has 0 saturated heterocycles. The monoisotopic (exact) mass is 395 g/mol. The Bertz CT molecular complexity index is 969. The van der Waals surface area contributed by atoms with Gasteiger partial charge in [0, 0.05) is 16.5 Å². The van der Waals surface area contributed by atoms with Crippen molar-refractivity contribution in [3.8, 4) is 11.5 Å². The summed E-state index contributed by atoms with van der Waals surface area (Å²) in [6.07, 6.45) is 4.88. The van der Waals surface area contributed by atoms with Crippen LogP contribution in [0.5, 0.6) is 0 Å². The largest absolute Gasteiger partial charge is 0.452 e. The van der Waals surface area contributed by atoms with Gasteiger partial charge in [0.2, 0.25) is 5.89 Å². The van der Waals surface area contributed by atoms with E-state index in [4.69, 9.17) is 9.15 Å². The van der Waals surface area contributed by atoms with Crippen LogP contribution in [0.4, 0.5) is 6.01 Å². The zero-order valence-corrected chi connectivity index (χ0v) is 15.8. The van der Waals surface area contributed by atoms with Crippen molar-refractivity contribution in [1.29, 1.82) is 0 Å². The third-order valence-corrected chi connectivity index (χ3v) is 4.31. The summed E-state index contributed by atoms with van der Waals surface area (Å²) in [5.41, 5.74) is 1.59. The molecule has 0 aliphatic rings. The van der Waals surface area contributed by atoms with Crippen LogP contribution >= 0.6 is 11.8 Å². The van der Waals surface area contributed by atoms with E-state index in [0.717, 1.165) is 16.0 Å². The molecule has 1 heterocycles. The highest BCUT2D eigenvalue weighted by Gasteiger charge is 2.12. The Morgan fingerprint density at radius 1 is 1.11 bits per heavy atom. The van der Waals surface area contributed by atoms with E-state index in [1.54, 1.807) is 17.8 Å². The van der Waals surface area contributed by atoms with Gasteiger partial charge in [0.05, 0.1) is 0 Å². The number of carbonyl (C=O) groups is 2. The van der Waals surface area contributed by atoms with Gasteiger partial charge in [-0.05, 0) is 42.2 Å². The minimum atomic E-state index is -0.625. The molecule has 1 N–H and O–H groups in total. The molecular weight excluding hydrogens is 378 g/mol. The second-order valence-electron chi connectivity index (χ2n) is 5.54. The van der Waals surface area contributed by atoms with Gasteiger partial charge < -0.3 is 9.15 Å². The van der Waals surface area contributed by atoms with Gasteiger partial charge in [-0.3, -0.25) is 10.1 Å². The van der Waals surface area contributed by atoms with E-state index < -0.39 is 18.5 Å². The molecule has 1 aromatic heterocycles. The maximum absolute atomic E-state index is 11.9. The lowest BCUT2D eigenvalue weighted by Gasteiger charge is -2.01. The van der Waals surface area contributed by atoms with E-state index in [-0.39, 0.29) is 11.9 Å². The van der Waals surface area contributed by atoms with Gasteiger partial charge in [0.25, 0.3) is 5.91 Å². The van der Waals surface area contributed by atoms with Crippen LogP contribution in [0.15, 0.2) is 70.0 Å². The van der Waals surface area contributed by atoms with Gasteiger partial charge in [0.1, 0.15) is 0 Å². The molecule has 28 heavy (non-hydrogen) atoms.